The van der Waals surface area contributed by atoms with Gasteiger partial charge in [-0.05, 0) is 13.0 Å². The van der Waals surface area contributed by atoms with Crippen molar-refractivity contribution in [3.05, 3.63) is 39.5 Å². The molecular weight excluding hydrogens is 244 g/mol. The third kappa shape index (κ3) is 1.94. The Labute approximate surface area is 101 Å². The number of nitrogens with zero attached hydrogens (tertiary/aromatic N) is 3. The quantitative estimate of drug-likeness (QED) is 0.786. The molecule has 2 aromatic rings. The molecule has 0 aliphatic carbocycles. The highest BCUT2D eigenvalue weighted by atomic mass is 35.5. The van der Waals surface area contributed by atoms with E-state index in [1.807, 2.05) is 0 Å². The first-order valence-electron chi connectivity index (χ1n) is 4.70. The average molecular weight is 253 g/mol. The molecule has 0 saturated carbocycles. The van der Waals surface area contributed by atoms with Gasteiger partial charge in [0.15, 0.2) is 0 Å². The second-order valence-corrected chi connectivity index (χ2v) is 3.74. The maximum atomic E-state index is 11.8. The van der Waals surface area contributed by atoms with E-state index in [1.165, 1.54) is 10.8 Å². The van der Waals surface area contributed by atoms with Crippen LogP contribution in [0.5, 0.6) is 5.88 Å². The molecule has 0 aliphatic rings. The first-order chi connectivity index (χ1) is 8.00. The second-order valence-electron chi connectivity index (χ2n) is 3.36. The lowest BCUT2D eigenvalue weighted by Gasteiger charge is -2.11. The Hall–Kier alpha value is -2.08. The van der Waals surface area contributed by atoms with Crippen LogP contribution in [0.25, 0.3) is 5.69 Å². The number of halogens is 1. The monoisotopic (exact) mass is 252 g/mol. The number of rotatable bonds is 1. The van der Waals surface area contributed by atoms with Crippen molar-refractivity contribution < 1.29 is 5.11 Å². The predicted molar refractivity (Wildman–Crippen MR) is 63.5 cm³/mol. The predicted octanol–water partition coefficient (Wildman–Crippen LogP) is 0.877. The first kappa shape index (κ1) is 11.4. The van der Waals surface area contributed by atoms with Gasteiger partial charge in [0.25, 0.3) is 5.56 Å². The molecule has 0 spiro atoms. The summed E-state index contributed by atoms with van der Waals surface area (Å²) in [5.74, 6) is 0.105. The fourth-order valence-electron chi connectivity index (χ4n) is 1.50. The van der Waals surface area contributed by atoms with Gasteiger partial charge in [-0.2, -0.15) is 0 Å². The fourth-order valence-corrected chi connectivity index (χ4v) is 1.69. The van der Waals surface area contributed by atoms with Gasteiger partial charge < -0.3 is 10.8 Å². The third-order valence-electron chi connectivity index (χ3n) is 2.21. The standard InChI is InChI=1S/C10H9ClN4O2/c1-5-14-7(16)4-8(17)15(5)6-2-3-13-10(12)9(6)11/h2-4,16H,1H3,(H2,12,13). The summed E-state index contributed by atoms with van der Waals surface area (Å²) in [6.07, 6.45) is 1.44. The van der Waals surface area contributed by atoms with Crippen molar-refractivity contribution in [2.75, 3.05) is 5.73 Å². The van der Waals surface area contributed by atoms with Crippen molar-refractivity contribution in [2.24, 2.45) is 0 Å². The smallest absolute Gasteiger partial charge is 0.261 e. The van der Waals surface area contributed by atoms with Gasteiger partial charge in [0.05, 0.1) is 11.8 Å². The Kier molecular flexibility index (Phi) is 2.72. The second kappa shape index (κ2) is 4.06. The third-order valence-corrected chi connectivity index (χ3v) is 2.60. The molecule has 0 radical (unpaired) electrons. The van der Waals surface area contributed by atoms with Gasteiger partial charge in [-0.3, -0.25) is 9.36 Å². The number of nitrogens with two attached hydrogens (primary N) is 1. The molecule has 7 heteroatoms. The van der Waals surface area contributed by atoms with Gasteiger partial charge in [-0.25, -0.2) is 9.97 Å². The summed E-state index contributed by atoms with van der Waals surface area (Å²) in [6.45, 7) is 1.58. The van der Waals surface area contributed by atoms with Gasteiger partial charge in [0, 0.05) is 6.20 Å². The number of anilines is 1. The van der Waals surface area contributed by atoms with E-state index in [4.69, 9.17) is 17.3 Å². The Morgan fingerprint density at radius 2 is 2.24 bits per heavy atom. The van der Waals surface area contributed by atoms with Crippen molar-refractivity contribution in [1.82, 2.24) is 14.5 Å². The average Bonchev–Trinajstić information content (AvgIpc) is 2.23. The summed E-state index contributed by atoms with van der Waals surface area (Å²) in [5, 5.41) is 9.37. The van der Waals surface area contributed by atoms with E-state index in [2.05, 4.69) is 9.97 Å². The molecule has 17 heavy (non-hydrogen) atoms. The fraction of sp³-hybridized carbons (Fsp3) is 0.100. The zero-order valence-electron chi connectivity index (χ0n) is 8.88. The van der Waals surface area contributed by atoms with Gasteiger partial charge in [-0.15, -0.1) is 0 Å². The van der Waals surface area contributed by atoms with Crippen LogP contribution in [0.3, 0.4) is 0 Å². The maximum absolute atomic E-state index is 11.8. The SMILES string of the molecule is Cc1nc(O)cc(=O)n1-c1ccnc(N)c1Cl. The molecule has 0 amide bonds. The van der Waals surface area contributed by atoms with E-state index in [1.54, 1.807) is 13.0 Å². The highest BCUT2D eigenvalue weighted by Gasteiger charge is 2.12. The minimum atomic E-state index is -0.442. The van der Waals surface area contributed by atoms with Gasteiger partial charge in [-0.1, -0.05) is 11.6 Å². The van der Waals surface area contributed by atoms with Crippen LogP contribution in [0.4, 0.5) is 5.82 Å². The van der Waals surface area contributed by atoms with Crippen molar-refractivity contribution in [3.8, 4) is 11.6 Å². The van der Waals surface area contributed by atoms with Crippen LogP contribution in [0.2, 0.25) is 5.02 Å². The van der Waals surface area contributed by atoms with Crippen molar-refractivity contribution >= 4 is 17.4 Å². The molecule has 88 valence electrons. The molecule has 0 unspecified atom stereocenters. The Morgan fingerprint density at radius 1 is 1.53 bits per heavy atom. The minimum absolute atomic E-state index is 0.128. The number of hydrogen-bond donors (Lipinski definition) is 2. The summed E-state index contributed by atoms with van der Waals surface area (Å²) in [5.41, 5.74) is 5.50. The molecule has 0 fully saturated rings. The first-order valence-corrected chi connectivity index (χ1v) is 5.08. The van der Waals surface area contributed by atoms with Crippen molar-refractivity contribution in [3.63, 3.8) is 0 Å². The van der Waals surface area contributed by atoms with Gasteiger partial charge in [0.2, 0.25) is 5.88 Å². The number of nitrogen functional groups attached to an aromatic ring is 1. The summed E-state index contributed by atoms with van der Waals surface area (Å²) < 4.78 is 1.25. The molecule has 2 aromatic heterocycles. The molecule has 2 rings (SSSR count). The lowest BCUT2D eigenvalue weighted by molar-refractivity contribution is 0.447. The minimum Gasteiger partial charge on any atom is -0.493 e. The van der Waals surface area contributed by atoms with Crippen molar-refractivity contribution in [2.45, 2.75) is 6.92 Å². The van der Waals surface area contributed by atoms with Gasteiger partial charge in [0.1, 0.15) is 16.7 Å². The lowest BCUT2D eigenvalue weighted by Crippen LogP contribution is -2.21. The normalized spacial score (nSPS) is 10.5. The van der Waals surface area contributed by atoms with Crippen molar-refractivity contribution in [1.29, 1.82) is 0 Å². The molecule has 0 aromatic carbocycles. The summed E-state index contributed by atoms with van der Waals surface area (Å²) in [7, 11) is 0. The van der Waals surface area contributed by atoms with E-state index in [9.17, 15) is 9.90 Å². The van der Waals surface area contributed by atoms with Gasteiger partial charge >= 0.3 is 0 Å². The summed E-state index contributed by atoms with van der Waals surface area (Å²) in [6, 6.07) is 2.55. The molecule has 0 saturated heterocycles. The van der Waals surface area contributed by atoms with E-state index in [0.29, 0.717) is 11.5 Å². The zero-order valence-corrected chi connectivity index (χ0v) is 9.64. The summed E-state index contributed by atoms with van der Waals surface area (Å²) in [4.78, 5) is 19.4. The number of aromatic nitrogens is 3. The van der Waals surface area contributed by atoms with E-state index in [-0.39, 0.29) is 16.7 Å². The van der Waals surface area contributed by atoms with Crippen LogP contribution < -0.4 is 11.3 Å². The number of aryl methyl sites for hydroxylation is 1. The molecule has 0 aliphatic heterocycles. The molecule has 2 heterocycles. The van der Waals surface area contributed by atoms with Crippen LogP contribution in [0.1, 0.15) is 5.82 Å². The van der Waals surface area contributed by atoms with Crippen LogP contribution in [-0.4, -0.2) is 19.6 Å². The maximum Gasteiger partial charge on any atom is 0.261 e. The van der Waals surface area contributed by atoms with Crippen LogP contribution in [-0.2, 0) is 0 Å². The number of pyridine rings is 1. The Balaban J connectivity index is 2.78. The highest BCUT2D eigenvalue weighted by molar-refractivity contribution is 6.34. The van der Waals surface area contributed by atoms with E-state index < -0.39 is 5.56 Å². The molecular formula is C10H9ClN4O2. The van der Waals surface area contributed by atoms with Crippen LogP contribution in [0.15, 0.2) is 23.1 Å². The molecule has 0 bridgehead atoms. The Morgan fingerprint density at radius 3 is 2.88 bits per heavy atom. The largest absolute Gasteiger partial charge is 0.493 e. The van der Waals surface area contributed by atoms with Crippen LogP contribution in [0, 0.1) is 6.92 Å². The molecule has 6 nitrogen and oxygen atoms in total. The van der Waals surface area contributed by atoms with E-state index >= 15 is 0 Å². The number of aromatic hydroxyl groups is 1. The van der Waals surface area contributed by atoms with E-state index in [0.717, 1.165) is 6.07 Å². The zero-order chi connectivity index (χ0) is 12.6. The molecule has 3 N–H and O–H groups in total. The summed E-state index contributed by atoms with van der Waals surface area (Å²) >= 11 is 5.97. The number of hydrogen-bond acceptors (Lipinski definition) is 5. The van der Waals surface area contributed by atoms with Crippen LogP contribution >= 0.6 is 11.6 Å². The molecule has 0 atom stereocenters. The Bertz CT molecular complexity index is 639. The topological polar surface area (TPSA) is 94.0 Å². The highest BCUT2D eigenvalue weighted by Crippen LogP contribution is 2.24. The lowest BCUT2D eigenvalue weighted by atomic mass is 10.3.